The Bertz CT molecular complexity index is 227. The Hall–Kier alpha value is -0.680. The van der Waals surface area contributed by atoms with Crippen molar-refractivity contribution in [2.24, 2.45) is 0 Å². The first-order valence-corrected chi connectivity index (χ1v) is 5.55. The highest BCUT2D eigenvalue weighted by molar-refractivity contribution is 4.96. The van der Waals surface area contributed by atoms with E-state index in [1.807, 2.05) is 0 Å². The second-order valence-corrected chi connectivity index (χ2v) is 3.92. The van der Waals surface area contributed by atoms with E-state index >= 15 is 0 Å². The standard InChI is InChI=1S/C12H18O4/c1-3-5-13-9-7-15-12-10(14-6-4-2)8-16-11(9)12/h3-4,9-12H,1-2,5-8H2/t9-,10-,11-,12-/m1/s1. The molecule has 2 heterocycles. The molecule has 4 atom stereocenters. The van der Waals surface area contributed by atoms with Crippen LogP contribution in [0.3, 0.4) is 0 Å². The second-order valence-electron chi connectivity index (χ2n) is 3.92. The van der Waals surface area contributed by atoms with Gasteiger partial charge >= 0.3 is 0 Å². The van der Waals surface area contributed by atoms with Crippen LogP contribution in [0.5, 0.6) is 0 Å². The monoisotopic (exact) mass is 226 g/mol. The van der Waals surface area contributed by atoms with Crippen LogP contribution in [-0.2, 0) is 18.9 Å². The van der Waals surface area contributed by atoms with Crippen molar-refractivity contribution in [2.45, 2.75) is 24.4 Å². The normalized spacial score (nSPS) is 37.2. The first-order chi connectivity index (χ1) is 7.86. The Kier molecular flexibility index (Phi) is 4.12. The molecule has 2 saturated heterocycles. The van der Waals surface area contributed by atoms with Gasteiger partial charge in [0.25, 0.3) is 0 Å². The van der Waals surface area contributed by atoms with E-state index in [2.05, 4.69) is 13.2 Å². The fourth-order valence-electron chi connectivity index (χ4n) is 2.10. The van der Waals surface area contributed by atoms with Crippen LogP contribution < -0.4 is 0 Å². The molecule has 0 saturated carbocycles. The van der Waals surface area contributed by atoms with E-state index in [0.717, 1.165) is 0 Å². The van der Waals surface area contributed by atoms with Gasteiger partial charge in [0, 0.05) is 0 Å². The molecule has 0 N–H and O–H groups in total. The van der Waals surface area contributed by atoms with E-state index in [0.29, 0.717) is 26.4 Å². The third-order valence-electron chi connectivity index (χ3n) is 2.82. The predicted octanol–water partition coefficient (Wildman–Crippen LogP) is 0.926. The molecule has 0 spiro atoms. The molecule has 2 aliphatic rings. The summed E-state index contributed by atoms with van der Waals surface area (Å²) < 4.78 is 22.5. The van der Waals surface area contributed by atoms with Crippen LogP contribution in [0.1, 0.15) is 0 Å². The lowest BCUT2D eigenvalue weighted by atomic mass is 10.1. The summed E-state index contributed by atoms with van der Waals surface area (Å²) in [4.78, 5) is 0. The zero-order valence-corrected chi connectivity index (χ0v) is 9.34. The van der Waals surface area contributed by atoms with E-state index < -0.39 is 0 Å². The fourth-order valence-corrected chi connectivity index (χ4v) is 2.10. The lowest BCUT2D eigenvalue weighted by Gasteiger charge is -2.16. The number of hydrogen-bond acceptors (Lipinski definition) is 4. The van der Waals surface area contributed by atoms with Crippen LogP contribution in [0, 0.1) is 0 Å². The smallest absolute Gasteiger partial charge is 0.115 e. The summed E-state index contributed by atoms with van der Waals surface area (Å²) in [6.07, 6.45) is 3.45. The number of hydrogen-bond donors (Lipinski definition) is 0. The molecule has 4 nitrogen and oxygen atoms in total. The van der Waals surface area contributed by atoms with Crippen molar-refractivity contribution in [3.63, 3.8) is 0 Å². The van der Waals surface area contributed by atoms with E-state index in [-0.39, 0.29) is 24.4 Å². The van der Waals surface area contributed by atoms with Crippen LogP contribution in [0.15, 0.2) is 25.3 Å². The van der Waals surface area contributed by atoms with Crippen molar-refractivity contribution in [3.8, 4) is 0 Å². The first-order valence-electron chi connectivity index (χ1n) is 5.55. The van der Waals surface area contributed by atoms with Gasteiger partial charge in [0.15, 0.2) is 0 Å². The van der Waals surface area contributed by atoms with E-state index in [1.54, 1.807) is 12.2 Å². The van der Waals surface area contributed by atoms with Crippen molar-refractivity contribution in [1.29, 1.82) is 0 Å². The van der Waals surface area contributed by atoms with Crippen molar-refractivity contribution in [2.75, 3.05) is 26.4 Å². The first kappa shape index (κ1) is 11.8. The van der Waals surface area contributed by atoms with Crippen molar-refractivity contribution in [1.82, 2.24) is 0 Å². The summed E-state index contributed by atoms with van der Waals surface area (Å²) in [5.74, 6) is 0. The van der Waals surface area contributed by atoms with Crippen LogP contribution in [0.25, 0.3) is 0 Å². The van der Waals surface area contributed by atoms with Crippen molar-refractivity contribution >= 4 is 0 Å². The SMILES string of the molecule is C=CCO[C@@H]1CO[C@H]2[C@@H]1OC[C@H]2OCC=C. The summed E-state index contributed by atoms with van der Waals surface area (Å²) in [7, 11) is 0. The minimum absolute atomic E-state index is 0.000307. The molecule has 0 aliphatic carbocycles. The van der Waals surface area contributed by atoms with Gasteiger partial charge in [-0.15, -0.1) is 13.2 Å². The van der Waals surface area contributed by atoms with Gasteiger partial charge < -0.3 is 18.9 Å². The van der Waals surface area contributed by atoms with Gasteiger partial charge in [-0.2, -0.15) is 0 Å². The Morgan fingerprint density at radius 2 is 1.38 bits per heavy atom. The highest BCUT2D eigenvalue weighted by Crippen LogP contribution is 2.30. The molecule has 0 aromatic carbocycles. The number of ether oxygens (including phenoxy) is 4. The topological polar surface area (TPSA) is 36.9 Å². The van der Waals surface area contributed by atoms with E-state index in [9.17, 15) is 0 Å². The zero-order valence-electron chi connectivity index (χ0n) is 9.34. The van der Waals surface area contributed by atoms with Crippen molar-refractivity contribution < 1.29 is 18.9 Å². The summed E-state index contributed by atoms with van der Waals surface area (Å²) in [5.41, 5.74) is 0. The lowest BCUT2D eigenvalue weighted by Crippen LogP contribution is -2.34. The summed E-state index contributed by atoms with van der Waals surface area (Å²) >= 11 is 0. The van der Waals surface area contributed by atoms with Gasteiger partial charge in [-0.25, -0.2) is 0 Å². The van der Waals surface area contributed by atoms with E-state index in [1.165, 1.54) is 0 Å². The highest BCUT2D eigenvalue weighted by Gasteiger charge is 2.48. The van der Waals surface area contributed by atoms with Crippen LogP contribution in [0.2, 0.25) is 0 Å². The molecule has 16 heavy (non-hydrogen) atoms. The minimum atomic E-state index is -0.00485. The molecule has 2 fully saturated rings. The third-order valence-corrected chi connectivity index (χ3v) is 2.82. The van der Waals surface area contributed by atoms with Gasteiger partial charge in [0.05, 0.1) is 26.4 Å². The van der Waals surface area contributed by atoms with Crippen LogP contribution in [0.4, 0.5) is 0 Å². The van der Waals surface area contributed by atoms with Gasteiger partial charge in [-0.05, 0) is 0 Å². The predicted molar refractivity (Wildman–Crippen MR) is 59.4 cm³/mol. The van der Waals surface area contributed by atoms with Crippen LogP contribution in [-0.4, -0.2) is 50.8 Å². The van der Waals surface area contributed by atoms with Gasteiger partial charge in [-0.1, -0.05) is 12.2 Å². The second kappa shape index (κ2) is 5.59. The Labute approximate surface area is 95.8 Å². The fraction of sp³-hybridized carbons (Fsp3) is 0.667. The molecule has 4 heteroatoms. The van der Waals surface area contributed by atoms with Crippen LogP contribution >= 0.6 is 0 Å². The molecule has 0 amide bonds. The largest absolute Gasteiger partial charge is 0.370 e. The molecular formula is C12H18O4. The molecular weight excluding hydrogens is 208 g/mol. The Balaban J connectivity index is 1.85. The van der Waals surface area contributed by atoms with Gasteiger partial charge in [0.1, 0.15) is 24.4 Å². The molecule has 90 valence electrons. The highest BCUT2D eigenvalue weighted by atomic mass is 16.6. The average molecular weight is 226 g/mol. The molecule has 0 bridgehead atoms. The molecule has 0 unspecified atom stereocenters. The quantitative estimate of drug-likeness (QED) is 0.631. The number of fused-ring (bicyclic) bond motifs is 1. The van der Waals surface area contributed by atoms with E-state index in [4.69, 9.17) is 18.9 Å². The Morgan fingerprint density at radius 1 is 0.938 bits per heavy atom. The summed E-state index contributed by atoms with van der Waals surface area (Å²) in [5, 5.41) is 0. The molecule has 0 aromatic rings. The third kappa shape index (κ3) is 2.35. The maximum atomic E-state index is 5.65. The maximum absolute atomic E-state index is 5.65. The molecule has 0 radical (unpaired) electrons. The molecule has 0 aromatic heterocycles. The summed E-state index contributed by atoms with van der Waals surface area (Å²) in [6, 6.07) is 0. The maximum Gasteiger partial charge on any atom is 0.115 e. The zero-order chi connectivity index (χ0) is 11.4. The summed E-state index contributed by atoms with van der Waals surface area (Å²) in [6.45, 7) is 9.43. The lowest BCUT2D eigenvalue weighted by molar-refractivity contribution is -0.0402. The molecule has 2 rings (SSSR count). The minimum Gasteiger partial charge on any atom is -0.370 e. The number of rotatable bonds is 6. The molecule has 2 aliphatic heterocycles. The Morgan fingerprint density at radius 3 is 1.75 bits per heavy atom. The van der Waals surface area contributed by atoms with Crippen molar-refractivity contribution in [3.05, 3.63) is 25.3 Å². The van der Waals surface area contributed by atoms with Gasteiger partial charge in [-0.3, -0.25) is 0 Å². The average Bonchev–Trinajstić information content (AvgIpc) is 2.86. The van der Waals surface area contributed by atoms with Gasteiger partial charge in [0.2, 0.25) is 0 Å².